The van der Waals surface area contributed by atoms with Gasteiger partial charge in [0.05, 0.1) is 17.8 Å². The predicted molar refractivity (Wildman–Crippen MR) is 288 cm³/mol. The van der Waals surface area contributed by atoms with Gasteiger partial charge in [0, 0.05) is 132 Å². The Kier molecular flexibility index (Phi) is 14.7. The molecule has 2 aromatic heterocycles. The fourth-order valence-corrected chi connectivity index (χ4v) is 11.2. The summed E-state index contributed by atoms with van der Waals surface area (Å²) >= 11 is 0. The Morgan fingerprint density at radius 1 is 0.822 bits per heavy atom. The van der Waals surface area contributed by atoms with Gasteiger partial charge in [0.15, 0.2) is 12.1 Å². The van der Waals surface area contributed by atoms with Gasteiger partial charge in [0.25, 0.3) is 0 Å². The molecule has 0 spiro atoms. The number of hydrogen-bond donors (Lipinski definition) is 3. The molecule has 4 aliphatic heterocycles. The smallest absolute Gasteiger partial charge is 0.246 e. The Morgan fingerprint density at radius 3 is 2.32 bits per heavy atom. The van der Waals surface area contributed by atoms with E-state index in [1.54, 1.807) is 10.6 Å². The lowest BCUT2D eigenvalue weighted by Crippen LogP contribution is -2.49. The molecule has 0 aliphatic carbocycles. The molecule has 6 aromatic rings. The Balaban J connectivity index is 0.702. The van der Waals surface area contributed by atoms with Gasteiger partial charge in [0.1, 0.15) is 17.3 Å². The van der Waals surface area contributed by atoms with E-state index in [4.69, 9.17) is 9.97 Å². The Morgan fingerprint density at radius 2 is 1.58 bits per heavy atom. The molecule has 0 radical (unpaired) electrons. The summed E-state index contributed by atoms with van der Waals surface area (Å²) in [5.74, 6) is 2.61. The molecular formula is C57H68N12O4. The molecule has 16 heteroatoms. The summed E-state index contributed by atoms with van der Waals surface area (Å²) in [6, 6.07) is 24.3. The van der Waals surface area contributed by atoms with Crippen molar-refractivity contribution in [2.75, 3.05) is 100 Å². The number of aromatic hydroxyl groups is 2. The number of benzene rings is 4. The maximum Gasteiger partial charge on any atom is 0.246 e. The van der Waals surface area contributed by atoms with Crippen molar-refractivity contribution in [3.63, 3.8) is 0 Å². The van der Waals surface area contributed by atoms with Crippen molar-refractivity contribution in [2.45, 2.75) is 59.0 Å². The molecule has 16 nitrogen and oxygen atoms in total. The number of nitrogens with zero attached hydrogens (tertiary/aromatic N) is 11. The van der Waals surface area contributed by atoms with Crippen LogP contribution in [0.2, 0.25) is 0 Å². The van der Waals surface area contributed by atoms with Crippen molar-refractivity contribution < 1.29 is 19.8 Å². The second-order valence-electron chi connectivity index (χ2n) is 20.1. The van der Waals surface area contributed by atoms with Gasteiger partial charge in [-0.25, -0.2) is 4.98 Å². The normalized spacial score (nSPS) is 17.0. The van der Waals surface area contributed by atoms with Crippen LogP contribution in [-0.4, -0.2) is 152 Å². The maximum absolute atomic E-state index is 12.4. The van der Waals surface area contributed by atoms with E-state index in [0.717, 1.165) is 102 Å². The monoisotopic (exact) mass is 985 g/mol. The number of carbonyl (C=O) groups excluding carboxylic acids is 2. The second-order valence-corrected chi connectivity index (χ2v) is 20.1. The van der Waals surface area contributed by atoms with E-state index in [1.807, 2.05) is 24.0 Å². The number of phenols is 2. The first-order chi connectivity index (χ1) is 35.5. The maximum atomic E-state index is 12.4. The third-order valence-electron chi connectivity index (χ3n) is 15.4. The zero-order chi connectivity index (χ0) is 50.6. The molecule has 1 amide bonds. The lowest BCUT2D eigenvalue weighted by Gasteiger charge is -2.40. The van der Waals surface area contributed by atoms with Crippen LogP contribution in [0.25, 0.3) is 27.8 Å². The summed E-state index contributed by atoms with van der Waals surface area (Å²) in [6.45, 7) is 25.4. The highest BCUT2D eigenvalue weighted by Gasteiger charge is 2.30. The summed E-state index contributed by atoms with van der Waals surface area (Å²) < 4.78 is 1.64. The largest absolute Gasteiger partial charge is 0.508 e. The third kappa shape index (κ3) is 10.8. The molecule has 73 heavy (non-hydrogen) atoms. The van der Waals surface area contributed by atoms with E-state index < -0.39 is 0 Å². The van der Waals surface area contributed by atoms with Crippen LogP contribution in [0.3, 0.4) is 0 Å². The van der Waals surface area contributed by atoms with Crippen LogP contribution >= 0.6 is 0 Å². The van der Waals surface area contributed by atoms with Gasteiger partial charge in [0.2, 0.25) is 17.7 Å². The van der Waals surface area contributed by atoms with Crippen molar-refractivity contribution in [1.82, 2.24) is 44.3 Å². The molecule has 6 heterocycles. The van der Waals surface area contributed by atoms with Gasteiger partial charge in [-0.3, -0.25) is 19.1 Å². The standard InChI is InChI=1S/C57H68N12O4/c1-5-43-33-48(52(72)34-51(43)71)56-62-61-53(38-70)69(56)45-13-11-41(12-14-45)35-63-23-25-64(26-24-63)36-42-16-20-65(21-17-42)40(4)15-19-58-57-59-49-37-68(50-32-39(3)31-44-9-7-8-10-46(44)50)22-18-47(49)55(60-57)67-29-27-66(28-30-67)54(73)6-2/h6-14,31-34,38,42,71-72H,2,4-5,15-30,35-37H2,1,3H3,(H,58,59,60). The average Bonchev–Trinajstić information content (AvgIpc) is 3.85. The van der Waals surface area contributed by atoms with Crippen LogP contribution in [0.4, 0.5) is 17.5 Å². The van der Waals surface area contributed by atoms with Gasteiger partial charge >= 0.3 is 0 Å². The highest BCUT2D eigenvalue weighted by molar-refractivity contribution is 5.95. The highest BCUT2D eigenvalue weighted by atomic mass is 16.3. The molecule has 4 aromatic carbocycles. The van der Waals surface area contributed by atoms with E-state index in [1.165, 1.54) is 45.3 Å². The number of anilines is 3. The number of amides is 1. The number of piperazine rings is 2. The quantitative estimate of drug-likeness (QED) is 0.0659. The van der Waals surface area contributed by atoms with E-state index in [2.05, 4.69) is 109 Å². The number of piperidine rings is 1. The zero-order valence-electron chi connectivity index (χ0n) is 42.3. The van der Waals surface area contributed by atoms with Crippen LogP contribution in [-0.2, 0) is 30.7 Å². The Bertz CT molecular complexity index is 2990. The number of phenolic OH excluding ortho intramolecular Hbond substituents is 2. The minimum absolute atomic E-state index is 0.0150. The number of aldehydes is 1. The van der Waals surface area contributed by atoms with Gasteiger partial charge in [-0.2, -0.15) is 4.98 Å². The Labute approximate surface area is 428 Å². The number of aromatic nitrogens is 5. The third-order valence-corrected chi connectivity index (χ3v) is 15.4. The SMILES string of the molecule is C=CC(=O)N1CCN(c2nc(NCCC(=C)N3CCC(CN4CCN(Cc5ccc(-n6c(C=O)nnc6-c6cc(CC)c(O)cc6O)cc5)CC4)CC3)nc3c2CCN(c2cc(C)cc4ccccc24)C3)CC1. The second kappa shape index (κ2) is 21.8. The molecule has 0 atom stereocenters. The summed E-state index contributed by atoms with van der Waals surface area (Å²) in [4.78, 5) is 49.1. The van der Waals surface area contributed by atoms with Crippen LogP contribution < -0.4 is 15.1 Å². The molecular weight excluding hydrogens is 917 g/mol. The number of fused-ring (bicyclic) bond motifs is 2. The van der Waals surface area contributed by atoms with E-state index in [0.29, 0.717) is 86.5 Å². The molecule has 0 unspecified atom stereocenters. The van der Waals surface area contributed by atoms with Gasteiger partial charge in [-0.15, -0.1) is 10.2 Å². The fraction of sp³-hybridized carbons (Fsp3) is 0.404. The van der Waals surface area contributed by atoms with Crippen molar-refractivity contribution in [3.05, 3.63) is 131 Å². The molecule has 4 aliphatic rings. The number of carbonyl (C=O) groups is 2. The fourth-order valence-electron chi connectivity index (χ4n) is 11.2. The summed E-state index contributed by atoms with van der Waals surface area (Å²) in [7, 11) is 0. The topological polar surface area (TPSA) is 163 Å². The first-order valence-corrected chi connectivity index (χ1v) is 26.0. The van der Waals surface area contributed by atoms with Crippen LogP contribution in [0.15, 0.2) is 97.7 Å². The van der Waals surface area contributed by atoms with Crippen molar-refractivity contribution in [3.8, 4) is 28.6 Å². The van der Waals surface area contributed by atoms with Crippen molar-refractivity contribution in [1.29, 1.82) is 0 Å². The van der Waals surface area contributed by atoms with Crippen LogP contribution in [0.5, 0.6) is 11.5 Å². The number of hydrogen-bond acceptors (Lipinski definition) is 14. The minimum atomic E-state index is -0.131. The van der Waals surface area contributed by atoms with Crippen LogP contribution in [0, 0.1) is 12.8 Å². The van der Waals surface area contributed by atoms with Crippen molar-refractivity contribution >= 4 is 40.4 Å². The van der Waals surface area contributed by atoms with Gasteiger partial charge in [-0.05, 0) is 90.9 Å². The van der Waals surface area contributed by atoms with E-state index in [-0.39, 0.29) is 23.2 Å². The van der Waals surface area contributed by atoms with Crippen molar-refractivity contribution in [2.24, 2.45) is 5.92 Å². The first-order valence-electron chi connectivity index (χ1n) is 26.0. The Hall–Kier alpha value is -7.30. The lowest BCUT2D eigenvalue weighted by atomic mass is 9.95. The number of rotatable bonds is 16. The van der Waals surface area contributed by atoms with Gasteiger partial charge in [-0.1, -0.05) is 62.5 Å². The zero-order valence-corrected chi connectivity index (χ0v) is 42.3. The predicted octanol–water partition coefficient (Wildman–Crippen LogP) is 7.21. The van der Waals surface area contributed by atoms with Crippen LogP contribution in [0.1, 0.15) is 64.8 Å². The molecule has 0 bridgehead atoms. The molecule has 10 rings (SSSR count). The molecule has 3 fully saturated rings. The molecule has 380 valence electrons. The first kappa shape index (κ1) is 49.3. The van der Waals surface area contributed by atoms with E-state index in [9.17, 15) is 19.8 Å². The summed E-state index contributed by atoms with van der Waals surface area (Å²) in [5.41, 5.74) is 8.86. The number of likely N-dealkylation sites (tertiary alicyclic amines) is 1. The lowest BCUT2D eigenvalue weighted by molar-refractivity contribution is -0.126. The highest BCUT2D eigenvalue weighted by Crippen LogP contribution is 2.37. The number of nitrogens with one attached hydrogen (secondary N) is 1. The summed E-state index contributed by atoms with van der Waals surface area (Å²) in [6.07, 6.45) is 6.59. The number of aryl methyl sites for hydroxylation is 2. The molecule has 3 N–H and O–H groups in total. The minimum Gasteiger partial charge on any atom is -0.508 e. The summed E-state index contributed by atoms with van der Waals surface area (Å²) in [5, 5.41) is 35.4. The average molecular weight is 985 g/mol. The molecule has 0 saturated carbocycles. The van der Waals surface area contributed by atoms with Gasteiger partial charge < -0.3 is 40.0 Å². The molecule has 3 saturated heterocycles. The van der Waals surface area contributed by atoms with E-state index >= 15 is 0 Å².